The Morgan fingerprint density at radius 3 is 2.86 bits per heavy atom. The van der Waals surface area contributed by atoms with Gasteiger partial charge in [-0.25, -0.2) is 4.79 Å². The van der Waals surface area contributed by atoms with Crippen LogP contribution in [0.5, 0.6) is 0 Å². The van der Waals surface area contributed by atoms with Crippen LogP contribution in [0.3, 0.4) is 0 Å². The van der Waals surface area contributed by atoms with Crippen LogP contribution in [0.1, 0.15) is 37.8 Å². The minimum absolute atomic E-state index is 0.329. The number of carbonyl (C=O) groups is 1. The van der Waals surface area contributed by atoms with Crippen LogP contribution in [0.25, 0.3) is 5.69 Å². The molecule has 0 spiro atoms. The molecule has 5 heteroatoms. The first-order valence-corrected chi connectivity index (χ1v) is 7.89. The summed E-state index contributed by atoms with van der Waals surface area (Å²) in [5.41, 5.74) is 3.47. The van der Waals surface area contributed by atoms with Crippen molar-refractivity contribution >= 4 is 17.4 Å². The fourth-order valence-electron chi connectivity index (χ4n) is 2.12. The first-order chi connectivity index (χ1) is 10.0. The minimum atomic E-state index is -0.549. The number of nitrogens with zero attached hydrogens (tertiary/aromatic N) is 2. The van der Waals surface area contributed by atoms with Crippen LogP contribution in [0, 0.1) is 6.92 Å². The lowest BCUT2D eigenvalue weighted by Gasteiger charge is -2.14. The van der Waals surface area contributed by atoms with Gasteiger partial charge in [-0.05, 0) is 37.0 Å². The summed E-state index contributed by atoms with van der Waals surface area (Å²) in [5.74, 6) is 0.392. The van der Waals surface area contributed by atoms with Crippen molar-refractivity contribution < 1.29 is 9.53 Å². The van der Waals surface area contributed by atoms with Crippen LogP contribution < -0.4 is 4.80 Å². The predicted octanol–water partition coefficient (Wildman–Crippen LogP) is 4.03. The standard InChI is InChI=1S/C16H20N2O2S/c1-5-20-16(19)17-15-18(8-9-21-15)14-10-12(4)6-7-13(14)11(2)3/h6-11H,5H2,1-4H3. The SMILES string of the molecule is CCOC(=O)N=c1sccn1-c1cc(C)ccc1C(C)C. The minimum Gasteiger partial charge on any atom is -0.448 e. The number of thiazole rings is 1. The van der Waals surface area contributed by atoms with Gasteiger partial charge in [0.25, 0.3) is 0 Å². The fraction of sp³-hybridized carbons (Fsp3) is 0.375. The van der Waals surface area contributed by atoms with Crippen molar-refractivity contribution in [2.45, 2.75) is 33.6 Å². The Labute approximate surface area is 128 Å². The van der Waals surface area contributed by atoms with E-state index in [0.29, 0.717) is 17.3 Å². The Kier molecular flexibility index (Phi) is 4.96. The second-order valence-electron chi connectivity index (χ2n) is 5.08. The molecule has 0 aliphatic heterocycles. The fourth-order valence-corrected chi connectivity index (χ4v) is 2.82. The first-order valence-electron chi connectivity index (χ1n) is 7.01. The Morgan fingerprint density at radius 1 is 1.43 bits per heavy atom. The summed E-state index contributed by atoms with van der Waals surface area (Å²) in [4.78, 5) is 16.2. The van der Waals surface area contributed by atoms with Gasteiger partial charge in [0.15, 0.2) is 0 Å². The van der Waals surface area contributed by atoms with Crippen LogP contribution in [0.15, 0.2) is 34.8 Å². The second kappa shape index (κ2) is 6.72. The van der Waals surface area contributed by atoms with Gasteiger partial charge in [-0.3, -0.25) is 4.57 Å². The number of aromatic nitrogens is 1. The largest absolute Gasteiger partial charge is 0.448 e. The number of carbonyl (C=O) groups excluding carboxylic acids is 1. The van der Waals surface area contributed by atoms with Gasteiger partial charge < -0.3 is 4.74 Å². The molecule has 2 rings (SSSR count). The zero-order valence-corrected chi connectivity index (χ0v) is 13.6. The predicted molar refractivity (Wildman–Crippen MR) is 85.1 cm³/mol. The third kappa shape index (κ3) is 3.61. The van der Waals surface area contributed by atoms with Crippen molar-refractivity contribution in [3.8, 4) is 5.69 Å². The summed E-state index contributed by atoms with van der Waals surface area (Å²) < 4.78 is 6.84. The average Bonchev–Trinajstić information content (AvgIpc) is 2.86. The van der Waals surface area contributed by atoms with Crippen LogP contribution >= 0.6 is 11.3 Å². The van der Waals surface area contributed by atoms with Gasteiger partial charge in [0, 0.05) is 11.6 Å². The number of hydrogen-bond acceptors (Lipinski definition) is 3. The third-order valence-corrected chi connectivity index (χ3v) is 3.87. The molecule has 2 aromatic rings. The van der Waals surface area contributed by atoms with Crippen molar-refractivity contribution in [2.75, 3.05) is 6.61 Å². The van der Waals surface area contributed by atoms with Crippen molar-refractivity contribution in [2.24, 2.45) is 4.99 Å². The normalized spacial score (nSPS) is 12.0. The van der Waals surface area contributed by atoms with Crippen LogP contribution in [-0.4, -0.2) is 17.3 Å². The van der Waals surface area contributed by atoms with Crippen LogP contribution in [0.2, 0.25) is 0 Å². The van der Waals surface area contributed by atoms with E-state index in [-0.39, 0.29) is 0 Å². The number of aryl methyl sites for hydroxylation is 1. The van der Waals surface area contributed by atoms with E-state index in [2.05, 4.69) is 44.0 Å². The lowest BCUT2D eigenvalue weighted by atomic mass is 9.99. The highest BCUT2D eigenvalue weighted by Gasteiger charge is 2.10. The maximum Gasteiger partial charge on any atom is 0.436 e. The molecule has 1 aromatic heterocycles. The molecule has 0 radical (unpaired) electrons. The first kappa shape index (κ1) is 15.5. The molecule has 4 nitrogen and oxygen atoms in total. The molecule has 1 heterocycles. The highest BCUT2D eigenvalue weighted by molar-refractivity contribution is 7.07. The summed E-state index contributed by atoms with van der Waals surface area (Å²) >= 11 is 1.42. The molecular formula is C16H20N2O2S. The summed E-state index contributed by atoms with van der Waals surface area (Å²) in [6.45, 7) is 8.47. The summed E-state index contributed by atoms with van der Waals surface area (Å²) in [6.07, 6.45) is 1.39. The van der Waals surface area contributed by atoms with Crippen molar-refractivity contribution in [3.05, 3.63) is 45.7 Å². The van der Waals surface area contributed by atoms with E-state index in [4.69, 9.17) is 4.74 Å². The Bertz CT molecular complexity index is 698. The molecule has 0 N–H and O–H groups in total. The topological polar surface area (TPSA) is 43.6 Å². The van der Waals surface area contributed by atoms with Crippen molar-refractivity contribution in [1.29, 1.82) is 0 Å². The number of amides is 1. The number of rotatable bonds is 3. The van der Waals surface area contributed by atoms with E-state index < -0.39 is 6.09 Å². The molecule has 0 aliphatic carbocycles. The third-order valence-electron chi connectivity index (χ3n) is 3.11. The maximum atomic E-state index is 11.6. The molecule has 0 fully saturated rings. The molecule has 0 saturated heterocycles. The van der Waals surface area contributed by atoms with E-state index in [0.717, 1.165) is 5.69 Å². The number of benzene rings is 1. The Morgan fingerprint density at radius 2 is 2.19 bits per heavy atom. The lowest BCUT2D eigenvalue weighted by molar-refractivity contribution is 0.162. The lowest BCUT2D eigenvalue weighted by Crippen LogP contribution is -2.17. The van der Waals surface area contributed by atoms with E-state index in [1.54, 1.807) is 6.92 Å². The molecule has 0 atom stereocenters. The summed E-state index contributed by atoms with van der Waals surface area (Å²) in [5, 5.41) is 1.92. The molecule has 0 aliphatic rings. The van der Waals surface area contributed by atoms with Gasteiger partial charge in [-0.2, -0.15) is 0 Å². The van der Waals surface area contributed by atoms with Gasteiger partial charge >= 0.3 is 6.09 Å². The van der Waals surface area contributed by atoms with Gasteiger partial charge in [-0.15, -0.1) is 16.3 Å². The van der Waals surface area contributed by atoms with E-state index >= 15 is 0 Å². The second-order valence-corrected chi connectivity index (χ2v) is 5.96. The molecule has 0 bridgehead atoms. The average molecular weight is 304 g/mol. The number of hydrogen-bond donors (Lipinski definition) is 0. The quantitative estimate of drug-likeness (QED) is 0.859. The van der Waals surface area contributed by atoms with Gasteiger partial charge in [0.2, 0.25) is 4.80 Å². The highest BCUT2D eigenvalue weighted by Crippen LogP contribution is 2.23. The smallest absolute Gasteiger partial charge is 0.436 e. The molecule has 0 saturated carbocycles. The molecule has 21 heavy (non-hydrogen) atoms. The van der Waals surface area contributed by atoms with Crippen LogP contribution in [-0.2, 0) is 4.74 Å². The van der Waals surface area contributed by atoms with Crippen molar-refractivity contribution in [1.82, 2.24) is 4.57 Å². The van der Waals surface area contributed by atoms with E-state index in [1.165, 1.54) is 22.5 Å². The molecular weight excluding hydrogens is 284 g/mol. The summed E-state index contributed by atoms with van der Waals surface area (Å²) in [7, 11) is 0. The van der Waals surface area contributed by atoms with Crippen molar-refractivity contribution in [3.63, 3.8) is 0 Å². The Hall–Kier alpha value is -1.88. The zero-order valence-electron chi connectivity index (χ0n) is 12.8. The molecule has 1 aromatic carbocycles. The number of ether oxygens (including phenoxy) is 1. The molecule has 112 valence electrons. The molecule has 0 unspecified atom stereocenters. The van der Waals surface area contributed by atoms with Crippen LogP contribution in [0.4, 0.5) is 4.79 Å². The van der Waals surface area contributed by atoms with E-state index in [1.807, 2.05) is 16.1 Å². The summed E-state index contributed by atoms with van der Waals surface area (Å²) in [6, 6.07) is 6.36. The monoisotopic (exact) mass is 304 g/mol. The zero-order chi connectivity index (χ0) is 15.4. The van der Waals surface area contributed by atoms with Gasteiger partial charge in [0.05, 0.1) is 12.3 Å². The van der Waals surface area contributed by atoms with Gasteiger partial charge in [0.1, 0.15) is 0 Å². The highest BCUT2D eigenvalue weighted by atomic mass is 32.1. The maximum absolute atomic E-state index is 11.6. The Balaban J connectivity index is 2.56. The van der Waals surface area contributed by atoms with Gasteiger partial charge in [-0.1, -0.05) is 26.0 Å². The molecule has 1 amide bonds. The van der Waals surface area contributed by atoms with E-state index in [9.17, 15) is 4.79 Å².